The highest BCUT2D eigenvalue weighted by Crippen LogP contribution is 2.32. The van der Waals surface area contributed by atoms with Gasteiger partial charge in [0.05, 0.1) is 43.5 Å². The van der Waals surface area contributed by atoms with E-state index in [4.69, 9.17) is 14.2 Å². The molecule has 1 N–H and O–H groups in total. The third-order valence-electron chi connectivity index (χ3n) is 5.25. The van der Waals surface area contributed by atoms with Crippen LogP contribution in [0.3, 0.4) is 0 Å². The van der Waals surface area contributed by atoms with Crippen LogP contribution in [0.4, 0.5) is 11.4 Å². The number of carbonyl (C=O) groups excluding carboxylic acids is 1. The quantitative estimate of drug-likeness (QED) is 0.875. The topological polar surface area (TPSA) is 72.9 Å². The van der Waals surface area contributed by atoms with Crippen LogP contribution in [0.5, 0.6) is 5.75 Å². The molecule has 3 heterocycles. The average molecular weight is 383 g/mol. The summed E-state index contributed by atoms with van der Waals surface area (Å²) in [5.74, 6) is 0.223. The van der Waals surface area contributed by atoms with Crippen LogP contribution in [-0.4, -0.2) is 55.0 Å². The van der Waals surface area contributed by atoms with Crippen LogP contribution in [0.25, 0.3) is 0 Å². The molecule has 2 aliphatic heterocycles. The van der Waals surface area contributed by atoms with E-state index in [0.717, 1.165) is 22.7 Å². The van der Waals surface area contributed by atoms with Gasteiger partial charge >= 0.3 is 0 Å². The summed E-state index contributed by atoms with van der Waals surface area (Å²) in [6, 6.07) is 7.73. The summed E-state index contributed by atoms with van der Waals surface area (Å²) in [5.41, 5.74) is 3.25. The van der Waals surface area contributed by atoms with Crippen LogP contribution in [0.1, 0.15) is 28.8 Å². The average Bonchev–Trinajstić information content (AvgIpc) is 3.16. The van der Waals surface area contributed by atoms with Crippen molar-refractivity contribution in [1.82, 2.24) is 9.88 Å². The molecule has 2 aliphatic rings. The lowest BCUT2D eigenvalue weighted by Gasteiger charge is -2.37. The van der Waals surface area contributed by atoms with E-state index in [9.17, 15) is 4.79 Å². The summed E-state index contributed by atoms with van der Waals surface area (Å²) in [4.78, 5) is 19.0. The number of piperidine rings is 1. The van der Waals surface area contributed by atoms with Crippen molar-refractivity contribution in [2.45, 2.75) is 25.6 Å². The predicted octanol–water partition coefficient (Wildman–Crippen LogP) is 3.12. The zero-order chi connectivity index (χ0) is 19.6. The Morgan fingerprint density at radius 2 is 1.93 bits per heavy atom. The van der Waals surface area contributed by atoms with Crippen molar-refractivity contribution in [3.8, 4) is 5.75 Å². The van der Waals surface area contributed by atoms with Crippen molar-refractivity contribution in [3.63, 3.8) is 0 Å². The van der Waals surface area contributed by atoms with Gasteiger partial charge in [0.2, 0.25) is 0 Å². The number of likely N-dealkylation sites (tertiary alicyclic amines) is 1. The smallest absolute Gasteiger partial charge is 0.255 e. The number of aryl methyl sites for hydroxylation is 1. The Morgan fingerprint density at radius 1 is 1.18 bits per heavy atom. The largest absolute Gasteiger partial charge is 0.495 e. The highest BCUT2D eigenvalue weighted by Gasteiger charge is 2.40. The number of rotatable bonds is 4. The molecule has 0 aliphatic carbocycles. The number of carbonyl (C=O) groups is 1. The lowest BCUT2D eigenvalue weighted by molar-refractivity contribution is -0.181. The number of anilines is 2. The van der Waals surface area contributed by atoms with Crippen molar-refractivity contribution in [2.75, 3.05) is 38.7 Å². The molecule has 1 amide bonds. The van der Waals surface area contributed by atoms with Gasteiger partial charge in [-0.15, -0.1) is 0 Å². The Bertz CT molecular complexity index is 854. The Balaban J connectivity index is 1.46. The van der Waals surface area contributed by atoms with Crippen molar-refractivity contribution < 1.29 is 19.0 Å². The number of pyridine rings is 1. The number of aromatic nitrogens is 1. The molecule has 7 nitrogen and oxygen atoms in total. The number of nitrogens with one attached hydrogen (secondary N) is 1. The van der Waals surface area contributed by atoms with Gasteiger partial charge in [-0.05, 0) is 30.7 Å². The second-order valence-corrected chi connectivity index (χ2v) is 7.19. The van der Waals surface area contributed by atoms with Gasteiger partial charge in [0.15, 0.2) is 5.79 Å². The first-order chi connectivity index (χ1) is 13.6. The molecule has 0 saturated carbocycles. The number of nitrogens with zero attached hydrogens (tertiary/aromatic N) is 2. The summed E-state index contributed by atoms with van der Waals surface area (Å²) < 4.78 is 16.9. The van der Waals surface area contributed by atoms with Crippen molar-refractivity contribution >= 4 is 17.3 Å². The highest BCUT2D eigenvalue weighted by atomic mass is 16.7. The maximum atomic E-state index is 12.9. The fraction of sp³-hybridized carbons (Fsp3) is 0.429. The van der Waals surface area contributed by atoms with Crippen LogP contribution in [0.15, 0.2) is 36.7 Å². The van der Waals surface area contributed by atoms with E-state index in [-0.39, 0.29) is 5.91 Å². The standard InChI is InChI=1S/C21H25N3O4/c1-15-3-4-19(26-2)18(11-15)23-17-12-16(13-22-14-17)20(25)24-7-5-21(6-8-24)27-9-10-28-21/h3-4,11-14,23H,5-10H2,1-2H3. The molecule has 28 heavy (non-hydrogen) atoms. The van der Waals surface area contributed by atoms with Crippen molar-refractivity contribution in [3.05, 3.63) is 47.8 Å². The van der Waals surface area contributed by atoms with E-state index in [1.54, 1.807) is 19.5 Å². The molecule has 1 spiro atoms. The number of benzene rings is 1. The zero-order valence-corrected chi connectivity index (χ0v) is 16.2. The van der Waals surface area contributed by atoms with E-state index in [0.29, 0.717) is 44.7 Å². The minimum atomic E-state index is -0.486. The molecule has 0 radical (unpaired) electrons. The molecule has 148 valence electrons. The summed E-state index contributed by atoms with van der Waals surface area (Å²) in [6.07, 6.45) is 4.70. The molecule has 1 aromatic heterocycles. The Labute approximate surface area is 164 Å². The van der Waals surface area contributed by atoms with E-state index in [1.165, 1.54) is 0 Å². The third kappa shape index (κ3) is 3.81. The number of methoxy groups -OCH3 is 1. The second-order valence-electron chi connectivity index (χ2n) is 7.19. The summed E-state index contributed by atoms with van der Waals surface area (Å²) in [5, 5.41) is 3.30. The Hall–Kier alpha value is -2.64. The number of hydrogen-bond donors (Lipinski definition) is 1. The van der Waals surface area contributed by atoms with Crippen LogP contribution < -0.4 is 10.1 Å². The van der Waals surface area contributed by atoms with Gasteiger partial charge in [-0.2, -0.15) is 0 Å². The van der Waals surface area contributed by atoms with Gasteiger partial charge < -0.3 is 24.4 Å². The molecule has 7 heteroatoms. The van der Waals surface area contributed by atoms with Crippen LogP contribution in [-0.2, 0) is 9.47 Å². The van der Waals surface area contributed by atoms with Gasteiger partial charge in [-0.25, -0.2) is 0 Å². The fourth-order valence-corrected chi connectivity index (χ4v) is 3.72. The second kappa shape index (κ2) is 7.77. The molecule has 2 saturated heterocycles. The lowest BCUT2D eigenvalue weighted by Crippen LogP contribution is -2.47. The molecular formula is C21H25N3O4. The van der Waals surface area contributed by atoms with E-state index in [2.05, 4.69) is 10.3 Å². The number of hydrogen-bond acceptors (Lipinski definition) is 6. The fourth-order valence-electron chi connectivity index (χ4n) is 3.72. The normalized spacial score (nSPS) is 18.3. The van der Waals surface area contributed by atoms with E-state index in [1.807, 2.05) is 36.1 Å². The monoisotopic (exact) mass is 383 g/mol. The maximum Gasteiger partial charge on any atom is 0.255 e. The molecule has 2 aromatic rings. The SMILES string of the molecule is COc1ccc(C)cc1Nc1cncc(C(=O)N2CCC3(CC2)OCCO3)c1. The van der Waals surface area contributed by atoms with Gasteiger partial charge in [0.25, 0.3) is 5.91 Å². The van der Waals surface area contributed by atoms with Crippen molar-refractivity contribution in [1.29, 1.82) is 0 Å². The van der Waals surface area contributed by atoms with E-state index < -0.39 is 5.79 Å². The van der Waals surface area contributed by atoms with Crippen LogP contribution in [0.2, 0.25) is 0 Å². The molecule has 2 fully saturated rings. The number of amides is 1. The number of ether oxygens (including phenoxy) is 3. The minimum Gasteiger partial charge on any atom is -0.495 e. The molecule has 0 unspecified atom stereocenters. The van der Waals surface area contributed by atoms with Gasteiger partial charge in [0, 0.05) is 32.1 Å². The molecule has 4 rings (SSSR count). The predicted molar refractivity (Wildman–Crippen MR) is 105 cm³/mol. The summed E-state index contributed by atoms with van der Waals surface area (Å²) in [7, 11) is 1.63. The highest BCUT2D eigenvalue weighted by molar-refractivity contribution is 5.95. The third-order valence-corrected chi connectivity index (χ3v) is 5.25. The molecule has 1 aromatic carbocycles. The van der Waals surface area contributed by atoms with E-state index >= 15 is 0 Å². The van der Waals surface area contributed by atoms with Crippen LogP contribution in [0, 0.1) is 6.92 Å². The van der Waals surface area contributed by atoms with Crippen LogP contribution >= 0.6 is 0 Å². The summed E-state index contributed by atoms with van der Waals surface area (Å²) >= 11 is 0. The first kappa shape index (κ1) is 18.7. The molecule has 0 atom stereocenters. The first-order valence-corrected chi connectivity index (χ1v) is 9.52. The van der Waals surface area contributed by atoms with Gasteiger partial charge in [-0.1, -0.05) is 6.07 Å². The minimum absolute atomic E-state index is 0.0276. The van der Waals surface area contributed by atoms with Gasteiger partial charge in [0.1, 0.15) is 5.75 Å². The zero-order valence-electron chi connectivity index (χ0n) is 16.2. The maximum absolute atomic E-state index is 12.9. The lowest BCUT2D eigenvalue weighted by atomic mass is 10.0. The Morgan fingerprint density at radius 3 is 2.64 bits per heavy atom. The van der Waals surface area contributed by atoms with Crippen molar-refractivity contribution in [2.24, 2.45) is 0 Å². The summed E-state index contributed by atoms with van der Waals surface area (Å²) in [6.45, 7) is 4.51. The molecular weight excluding hydrogens is 358 g/mol. The van der Waals surface area contributed by atoms with Gasteiger partial charge in [-0.3, -0.25) is 9.78 Å². The molecule has 0 bridgehead atoms. The Kier molecular flexibility index (Phi) is 5.19. The first-order valence-electron chi connectivity index (χ1n) is 9.52.